The van der Waals surface area contributed by atoms with Gasteiger partial charge in [-0.1, -0.05) is 45.4 Å². The molecule has 1 aromatic heterocycles. The van der Waals surface area contributed by atoms with Gasteiger partial charge in [0.15, 0.2) is 5.82 Å². The molecule has 3 aromatic carbocycles. The van der Waals surface area contributed by atoms with Crippen molar-refractivity contribution in [3.05, 3.63) is 64.9 Å². The molecule has 0 spiro atoms. The zero-order chi connectivity index (χ0) is 21.3. The van der Waals surface area contributed by atoms with Crippen molar-refractivity contribution < 1.29 is 17.7 Å². The van der Waals surface area contributed by atoms with E-state index in [2.05, 4.69) is 41.3 Å². The lowest BCUT2D eigenvalue weighted by Gasteiger charge is -2.14. The molecule has 1 heterocycles. The molecular weight excluding hydrogens is 494 g/mol. The zero-order valence-electron chi connectivity index (χ0n) is 15.1. The van der Waals surface area contributed by atoms with Crippen molar-refractivity contribution in [2.45, 2.75) is 15.5 Å². The number of anilines is 1. The number of H-pyrrole nitrogens is 1. The molecule has 0 aliphatic carbocycles. The Morgan fingerprint density at radius 2 is 1.80 bits per heavy atom. The van der Waals surface area contributed by atoms with Gasteiger partial charge in [-0.3, -0.25) is 8.93 Å². The summed E-state index contributed by atoms with van der Waals surface area (Å²) in [5.74, 6) is -0.0849. The molecule has 0 saturated heterocycles. The first-order valence-electron chi connectivity index (χ1n) is 8.49. The van der Waals surface area contributed by atoms with Crippen LogP contribution >= 0.6 is 15.9 Å². The first kappa shape index (κ1) is 20.4. The van der Waals surface area contributed by atoms with Gasteiger partial charge in [0.1, 0.15) is 5.75 Å². The molecule has 0 radical (unpaired) electrons. The van der Waals surface area contributed by atoms with Crippen LogP contribution in [-0.2, 0) is 26.6 Å². The van der Waals surface area contributed by atoms with E-state index in [1.807, 2.05) is 0 Å². The average Bonchev–Trinajstić information content (AvgIpc) is 3.23. The SMILES string of the molecule is O=S(Cc1nn[nH]n1)c1cc(NS(=O)(=O)c2ccc(Br)cc2)c2ccccc2c1O. The molecule has 0 aliphatic rings. The number of phenolic OH excluding ortho intramolecular Hbond substituents is 1. The highest BCUT2D eigenvalue weighted by Gasteiger charge is 2.21. The molecule has 3 N–H and O–H groups in total. The van der Waals surface area contributed by atoms with Crippen LogP contribution in [0.5, 0.6) is 5.75 Å². The van der Waals surface area contributed by atoms with Gasteiger partial charge in [0, 0.05) is 15.2 Å². The lowest BCUT2D eigenvalue weighted by Crippen LogP contribution is -2.13. The molecule has 154 valence electrons. The minimum Gasteiger partial charge on any atom is -0.506 e. The van der Waals surface area contributed by atoms with Gasteiger partial charge in [0.2, 0.25) is 0 Å². The number of hydrogen-bond acceptors (Lipinski definition) is 7. The van der Waals surface area contributed by atoms with Crippen molar-refractivity contribution >= 4 is 53.2 Å². The second-order valence-corrected chi connectivity index (χ2v) is 10.2. The highest BCUT2D eigenvalue weighted by Crippen LogP contribution is 2.37. The number of fused-ring (bicyclic) bond motifs is 1. The Hall–Kier alpha value is -2.83. The van der Waals surface area contributed by atoms with Crippen LogP contribution < -0.4 is 4.72 Å². The fraction of sp³-hybridized carbons (Fsp3) is 0.0556. The summed E-state index contributed by atoms with van der Waals surface area (Å²) < 4.78 is 41.9. The fourth-order valence-electron chi connectivity index (χ4n) is 2.85. The molecule has 4 rings (SSSR count). The Morgan fingerprint density at radius 1 is 1.10 bits per heavy atom. The van der Waals surface area contributed by atoms with Gasteiger partial charge < -0.3 is 5.11 Å². The molecule has 4 aromatic rings. The van der Waals surface area contributed by atoms with E-state index in [1.165, 1.54) is 18.2 Å². The number of aromatic nitrogens is 4. The number of sulfonamides is 1. The van der Waals surface area contributed by atoms with E-state index in [0.29, 0.717) is 10.8 Å². The number of benzene rings is 3. The summed E-state index contributed by atoms with van der Waals surface area (Å²) in [6.45, 7) is 0. The number of halogens is 1. The summed E-state index contributed by atoms with van der Waals surface area (Å²) in [6.07, 6.45) is 0. The van der Waals surface area contributed by atoms with Crippen LogP contribution in [0.2, 0.25) is 0 Å². The minimum atomic E-state index is -3.92. The van der Waals surface area contributed by atoms with Crippen LogP contribution in [0.15, 0.2) is 68.9 Å². The smallest absolute Gasteiger partial charge is 0.261 e. The van der Waals surface area contributed by atoms with E-state index >= 15 is 0 Å². The molecule has 0 bridgehead atoms. The average molecular weight is 508 g/mol. The van der Waals surface area contributed by atoms with Crippen molar-refractivity contribution in [2.75, 3.05) is 4.72 Å². The molecule has 1 atom stereocenters. The third kappa shape index (κ3) is 4.06. The van der Waals surface area contributed by atoms with Gasteiger partial charge in [0.25, 0.3) is 10.0 Å². The standard InChI is InChI=1S/C18H14BrN5O4S2/c19-11-5-7-12(8-6-11)30(27,28)22-15-9-16(29(26)10-17-20-23-24-21-17)18(25)14-4-2-1-3-13(14)15/h1-9,22,25H,10H2,(H,20,21,23,24). The van der Waals surface area contributed by atoms with Crippen LogP contribution in [-0.4, -0.2) is 38.4 Å². The molecule has 0 fully saturated rings. The van der Waals surface area contributed by atoms with E-state index in [4.69, 9.17) is 0 Å². The number of phenols is 1. The topological polar surface area (TPSA) is 138 Å². The Morgan fingerprint density at radius 3 is 2.47 bits per heavy atom. The maximum absolute atomic E-state index is 12.9. The van der Waals surface area contributed by atoms with Crippen molar-refractivity contribution in [1.29, 1.82) is 0 Å². The molecular formula is C18H14BrN5O4S2. The summed E-state index contributed by atoms with van der Waals surface area (Å²) in [7, 11) is -5.66. The van der Waals surface area contributed by atoms with Crippen LogP contribution in [0.1, 0.15) is 5.82 Å². The molecule has 0 aliphatic heterocycles. The van der Waals surface area contributed by atoms with Gasteiger partial charge in [-0.2, -0.15) is 5.21 Å². The Balaban J connectivity index is 1.80. The third-order valence-corrected chi connectivity index (χ3v) is 7.48. The number of aromatic hydroxyl groups is 1. The maximum atomic E-state index is 12.9. The van der Waals surface area contributed by atoms with E-state index in [9.17, 15) is 17.7 Å². The Kier molecular flexibility index (Phi) is 5.54. The second kappa shape index (κ2) is 8.13. The van der Waals surface area contributed by atoms with Crippen molar-refractivity contribution in [3.63, 3.8) is 0 Å². The van der Waals surface area contributed by atoms with E-state index in [0.717, 1.165) is 4.47 Å². The van der Waals surface area contributed by atoms with E-state index in [-0.39, 0.29) is 32.8 Å². The van der Waals surface area contributed by atoms with Crippen LogP contribution in [0.3, 0.4) is 0 Å². The quantitative estimate of drug-likeness (QED) is 0.341. The molecule has 0 amide bonds. The molecule has 1 unspecified atom stereocenters. The van der Waals surface area contributed by atoms with Crippen molar-refractivity contribution in [3.8, 4) is 5.75 Å². The van der Waals surface area contributed by atoms with Crippen molar-refractivity contribution in [2.24, 2.45) is 0 Å². The van der Waals surface area contributed by atoms with E-state index < -0.39 is 20.8 Å². The third-order valence-electron chi connectivity index (χ3n) is 4.24. The van der Waals surface area contributed by atoms with Gasteiger partial charge in [-0.25, -0.2) is 8.42 Å². The number of hydrogen-bond donors (Lipinski definition) is 3. The van der Waals surface area contributed by atoms with Gasteiger partial charge in [-0.15, -0.1) is 10.2 Å². The lowest BCUT2D eigenvalue weighted by atomic mass is 10.1. The summed E-state index contributed by atoms with van der Waals surface area (Å²) >= 11 is 3.28. The van der Waals surface area contributed by atoms with E-state index in [1.54, 1.807) is 36.4 Å². The molecule has 30 heavy (non-hydrogen) atoms. The zero-order valence-corrected chi connectivity index (χ0v) is 18.3. The highest BCUT2D eigenvalue weighted by molar-refractivity contribution is 9.10. The number of nitrogens with zero attached hydrogens (tertiary/aromatic N) is 3. The maximum Gasteiger partial charge on any atom is 0.261 e. The molecule has 9 nitrogen and oxygen atoms in total. The number of tetrazole rings is 1. The predicted octanol–water partition coefficient (Wildman–Crippen LogP) is 2.93. The van der Waals surface area contributed by atoms with Crippen LogP contribution in [0.4, 0.5) is 5.69 Å². The van der Waals surface area contributed by atoms with Gasteiger partial charge in [-0.05, 0) is 30.3 Å². The van der Waals surface area contributed by atoms with Gasteiger partial charge in [0.05, 0.1) is 32.0 Å². The first-order valence-corrected chi connectivity index (χ1v) is 12.1. The molecule has 12 heteroatoms. The van der Waals surface area contributed by atoms with Crippen molar-refractivity contribution in [1.82, 2.24) is 20.6 Å². The largest absolute Gasteiger partial charge is 0.506 e. The summed E-state index contributed by atoms with van der Waals surface area (Å²) in [6, 6.07) is 14.2. The Bertz CT molecular complexity index is 1340. The second-order valence-electron chi connectivity index (χ2n) is 6.19. The lowest BCUT2D eigenvalue weighted by molar-refractivity contribution is 0.468. The normalized spacial score (nSPS) is 12.7. The molecule has 0 saturated carbocycles. The summed E-state index contributed by atoms with van der Waals surface area (Å²) in [4.78, 5) is 0.129. The number of aromatic amines is 1. The summed E-state index contributed by atoms with van der Waals surface area (Å²) in [5.41, 5.74) is 0.197. The Labute approximate surface area is 182 Å². The van der Waals surface area contributed by atoms with Crippen LogP contribution in [0.25, 0.3) is 10.8 Å². The summed E-state index contributed by atoms with van der Waals surface area (Å²) in [5, 5.41) is 24.7. The number of nitrogens with one attached hydrogen (secondary N) is 2. The number of rotatable bonds is 6. The monoisotopic (exact) mass is 507 g/mol. The predicted molar refractivity (Wildman–Crippen MR) is 115 cm³/mol. The van der Waals surface area contributed by atoms with Gasteiger partial charge >= 0.3 is 0 Å². The fourth-order valence-corrected chi connectivity index (χ4v) is 5.27. The highest BCUT2D eigenvalue weighted by atomic mass is 79.9. The van der Waals surface area contributed by atoms with Crippen LogP contribution in [0, 0.1) is 0 Å². The minimum absolute atomic E-state index is 0.0620. The first-order chi connectivity index (χ1) is 14.3.